The fraction of sp³-hybridized carbons (Fsp3) is 0.333. The molecule has 0 fully saturated rings. The third-order valence-electron chi connectivity index (χ3n) is 4.31. The van der Waals surface area contributed by atoms with Gasteiger partial charge in [0.25, 0.3) is 0 Å². The Balaban J connectivity index is 1.84. The van der Waals surface area contributed by atoms with E-state index in [1.54, 1.807) is 6.07 Å². The van der Waals surface area contributed by atoms with Gasteiger partial charge in [-0.15, -0.1) is 11.3 Å². The maximum atomic E-state index is 13.9. The number of thiocarbonyl (C=S) groups is 1. The zero-order valence-electron chi connectivity index (χ0n) is 14.3. The topological polar surface area (TPSA) is 50.4 Å². The van der Waals surface area contributed by atoms with E-state index in [1.165, 1.54) is 35.5 Å². The van der Waals surface area contributed by atoms with Crippen LogP contribution in [0.5, 0.6) is 0 Å². The number of hydrogen-bond acceptors (Lipinski definition) is 4. The minimum Gasteiger partial charge on any atom is -0.465 e. The summed E-state index contributed by atoms with van der Waals surface area (Å²) in [7, 11) is 1.36. The first-order valence-electron chi connectivity index (χ1n) is 8.15. The van der Waals surface area contributed by atoms with Crippen LogP contribution in [0.2, 0.25) is 5.02 Å². The van der Waals surface area contributed by atoms with Gasteiger partial charge >= 0.3 is 5.97 Å². The van der Waals surface area contributed by atoms with E-state index in [9.17, 15) is 9.18 Å². The molecule has 0 saturated carbocycles. The van der Waals surface area contributed by atoms with Crippen molar-refractivity contribution in [3.63, 3.8) is 0 Å². The first kappa shape index (κ1) is 19.1. The van der Waals surface area contributed by atoms with Crippen LogP contribution in [-0.4, -0.2) is 18.2 Å². The second kappa shape index (κ2) is 7.90. The molecule has 3 rings (SSSR count). The number of methoxy groups -OCH3 is 1. The van der Waals surface area contributed by atoms with Crippen LogP contribution in [-0.2, 0) is 17.6 Å². The highest BCUT2D eigenvalue weighted by molar-refractivity contribution is 7.80. The molecule has 1 atom stereocenters. The standard InChI is InChI=1S/C18H18ClFN2O2S2/c1-9-3-5-11-14(7-9)26-16(15(11)17(23)24-2)22-18(25)21-13-6-4-10(19)8-12(13)20/h4,6,8-9H,3,5,7H2,1-2H3,(H2,21,22,25). The van der Waals surface area contributed by atoms with Crippen LogP contribution < -0.4 is 10.6 Å². The summed E-state index contributed by atoms with van der Waals surface area (Å²) in [6.45, 7) is 2.20. The Labute approximate surface area is 165 Å². The Hall–Kier alpha value is -1.70. The lowest BCUT2D eigenvalue weighted by Gasteiger charge is -2.18. The van der Waals surface area contributed by atoms with E-state index in [4.69, 9.17) is 28.6 Å². The number of fused-ring (bicyclic) bond motifs is 1. The molecule has 0 saturated heterocycles. The largest absolute Gasteiger partial charge is 0.465 e. The van der Waals surface area contributed by atoms with Crippen molar-refractivity contribution in [2.45, 2.75) is 26.2 Å². The van der Waals surface area contributed by atoms with Crippen LogP contribution in [0.3, 0.4) is 0 Å². The number of halogens is 2. The lowest BCUT2D eigenvalue weighted by Crippen LogP contribution is -2.21. The number of anilines is 2. The van der Waals surface area contributed by atoms with Gasteiger partial charge in [-0.3, -0.25) is 0 Å². The number of carbonyl (C=O) groups excluding carboxylic acids is 1. The van der Waals surface area contributed by atoms with E-state index in [0.29, 0.717) is 21.5 Å². The minimum absolute atomic E-state index is 0.197. The lowest BCUT2D eigenvalue weighted by atomic mass is 9.88. The fourth-order valence-electron chi connectivity index (χ4n) is 3.00. The summed E-state index contributed by atoms with van der Waals surface area (Å²) in [5, 5.41) is 6.96. The Morgan fingerprint density at radius 3 is 2.88 bits per heavy atom. The SMILES string of the molecule is COC(=O)c1c(NC(=S)Nc2ccc(Cl)cc2F)sc2c1CCC(C)C2. The third-order valence-corrected chi connectivity index (χ3v) is 5.92. The molecule has 8 heteroatoms. The molecular weight excluding hydrogens is 395 g/mol. The highest BCUT2D eigenvalue weighted by atomic mass is 35.5. The van der Waals surface area contributed by atoms with Gasteiger partial charge < -0.3 is 15.4 Å². The van der Waals surface area contributed by atoms with Gasteiger partial charge in [-0.05, 0) is 61.2 Å². The van der Waals surface area contributed by atoms with Gasteiger partial charge in [0.1, 0.15) is 10.8 Å². The van der Waals surface area contributed by atoms with E-state index >= 15 is 0 Å². The van der Waals surface area contributed by atoms with Crippen LogP contribution in [0.15, 0.2) is 18.2 Å². The normalized spacial score (nSPS) is 15.9. The number of nitrogens with one attached hydrogen (secondary N) is 2. The molecule has 1 heterocycles. The molecule has 0 spiro atoms. The van der Waals surface area contributed by atoms with Gasteiger partial charge in [0, 0.05) is 9.90 Å². The molecule has 1 aromatic carbocycles. The Kier molecular flexibility index (Phi) is 5.79. The van der Waals surface area contributed by atoms with E-state index < -0.39 is 5.82 Å². The smallest absolute Gasteiger partial charge is 0.341 e. The van der Waals surface area contributed by atoms with Crippen LogP contribution in [0.4, 0.5) is 15.1 Å². The van der Waals surface area contributed by atoms with Gasteiger partial charge in [-0.2, -0.15) is 0 Å². The molecule has 0 radical (unpaired) electrons. The summed E-state index contributed by atoms with van der Waals surface area (Å²) < 4.78 is 18.9. The fourth-order valence-corrected chi connectivity index (χ4v) is 4.84. The maximum absolute atomic E-state index is 13.9. The third kappa shape index (κ3) is 4.00. The lowest BCUT2D eigenvalue weighted by molar-refractivity contribution is 0.0601. The minimum atomic E-state index is -0.505. The van der Waals surface area contributed by atoms with Crippen molar-refractivity contribution in [1.29, 1.82) is 0 Å². The van der Waals surface area contributed by atoms with Crippen molar-refractivity contribution >= 4 is 56.9 Å². The highest BCUT2D eigenvalue weighted by Gasteiger charge is 2.28. The van der Waals surface area contributed by atoms with E-state index in [2.05, 4.69) is 17.6 Å². The second-order valence-electron chi connectivity index (χ2n) is 6.25. The summed E-state index contributed by atoms with van der Waals surface area (Å²) in [5.74, 6) is -0.318. The van der Waals surface area contributed by atoms with Gasteiger partial charge in [0.05, 0.1) is 18.4 Å². The molecule has 0 aliphatic heterocycles. The molecule has 0 bridgehead atoms. The predicted molar refractivity (Wildman–Crippen MR) is 108 cm³/mol. The predicted octanol–water partition coefficient (Wildman–Crippen LogP) is 5.26. The molecule has 2 aromatic rings. The van der Waals surface area contributed by atoms with Crippen molar-refractivity contribution in [2.24, 2.45) is 5.92 Å². The molecule has 1 aliphatic carbocycles. The van der Waals surface area contributed by atoms with Gasteiger partial charge in [0.15, 0.2) is 5.11 Å². The number of rotatable bonds is 3. The first-order chi connectivity index (χ1) is 12.4. The van der Waals surface area contributed by atoms with Crippen molar-refractivity contribution in [2.75, 3.05) is 17.7 Å². The van der Waals surface area contributed by atoms with Gasteiger partial charge in [-0.1, -0.05) is 18.5 Å². The van der Waals surface area contributed by atoms with Gasteiger partial charge in [-0.25, -0.2) is 9.18 Å². The number of thiophene rings is 1. The molecule has 1 aliphatic rings. The summed E-state index contributed by atoms with van der Waals surface area (Å²) in [4.78, 5) is 13.5. The van der Waals surface area contributed by atoms with Crippen molar-refractivity contribution in [1.82, 2.24) is 0 Å². The molecule has 4 nitrogen and oxygen atoms in total. The number of esters is 1. The van der Waals surface area contributed by atoms with E-state index in [-0.39, 0.29) is 16.8 Å². The molecule has 2 N–H and O–H groups in total. The molecule has 1 unspecified atom stereocenters. The van der Waals surface area contributed by atoms with Gasteiger partial charge in [0.2, 0.25) is 0 Å². The molecule has 138 valence electrons. The van der Waals surface area contributed by atoms with E-state index in [0.717, 1.165) is 24.8 Å². The Bertz CT molecular complexity index is 869. The summed E-state index contributed by atoms with van der Waals surface area (Å²) >= 11 is 12.5. The number of ether oxygens (including phenoxy) is 1. The zero-order valence-corrected chi connectivity index (χ0v) is 16.7. The molecule has 26 heavy (non-hydrogen) atoms. The van der Waals surface area contributed by atoms with Crippen LogP contribution >= 0.6 is 35.2 Å². The van der Waals surface area contributed by atoms with Crippen molar-refractivity contribution < 1.29 is 13.9 Å². The number of carbonyl (C=O) groups is 1. The number of hydrogen-bond donors (Lipinski definition) is 2. The average Bonchev–Trinajstić information content (AvgIpc) is 2.93. The van der Waals surface area contributed by atoms with Crippen LogP contribution in [0.25, 0.3) is 0 Å². The average molecular weight is 413 g/mol. The zero-order chi connectivity index (χ0) is 18.8. The maximum Gasteiger partial charge on any atom is 0.341 e. The summed E-state index contributed by atoms with van der Waals surface area (Å²) in [5.41, 5.74) is 1.77. The Morgan fingerprint density at radius 2 is 2.19 bits per heavy atom. The van der Waals surface area contributed by atoms with Crippen molar-refractivity contribution in [3.05, 3.63) is 45.0 Å². The van der Waals surface area contributed by atoms with E-state index in [1.807, 2.05) is 0 Å². The highest BCUT2D eigenvalue weighted by Crippen LogP contribution is 2.40. The first-order valence-corrected chi connectivity index (χ1v) is 9.75. The number of benzene rings is 1. The second-order valence-corrected chi connectivity index (χ2v) is 8.20. The van der Waals surface area contributed by atoms with Crippen LogP contribution in [0, 0.1) is 11.7 Å². The molecule has 1 aromatic heterocycles. The summed E-state index contributed by atoms with van der Waals surface area (Å²) in [6, 6.07) is 4.28. The monoisotopic (exact) mass is 412 g/mol. The summed E-state index contributed by atoms with van der Waals surface area (Å²) in [6.07, 6.45) is 2.80. The molecular formula is C18H18ClFN2O2S2. The van der Waals surface area contributed by atoms with Crippen molar-refractivity contribution in [3.8, 4) is 0 Å². The Morgan fingerprint density at radius 1 is 1.42 bits per heavy atom. The van der Waals surface area contributed by atoms with Crippen LogP contribution in [0.1, 0.15) is 34.1 Å². The quantitative estimate of drug-likeness (QED) is 0.532. The molecule has 0 amide bonds.